The van der Waals surface area contributed by atoms with Crippen LogP contribution in [-0.4, -0.2) is 33.4 Å². The number of aromatic amines is 1. The molecule has 2 heterocycles. The van der Waals surface area contributed by atoms with Gasteiger partial charge in [0.05, 0.1) is 17.4 Å². The second-order valence-electron chi connectivity index (χ2n) is 7.96. The van der Waals surface area contributed by atoms with E-state index in [2.05, 4.69) is 46.1 Å². The van der Waals surface area contributed by atoms with Gasteiger partial charge in [0.1, 0.15) is 0 Å². The lowest BCUT2D eigenvalue weighted by molar-refractivity contribution is 0.0336. The summed E-state index contributed by atoms with van der Waals surface area (Å²) in [5.41, 5.74) is 5.62. The summed E-state index contributed by atoms with van der Waals surface area (Å²) < 4.78 is 0. The monoisotopic (exact) mass is 359 g/mol. The number of nitrogens with one attached hydrogen (secondary N) is 1. The maximum Gasteiger partial charge on any atom is 0.254 e. The van der Waals surface area contributed by atoms with E-state index >= 15 is 0 Å². The van der Waals surface area contributed by atoms with Crippen LogP contribution in [0.2, 0.25) is 0 Å². The van der Waals surface area contributed by atoms with Gasteiger partial charge < -0.3 is 9.88 Å². The molecule has 0 saturated carbocycles. The number of hydrogen-bond donors (Lipinski definition) is 1. The number of H-pyrrole nitrogens is 1. The Morgan fingerprint density at radius 1 is 1.30 bits per heavy atom. The van der Waals surface area contributed by atoms with E-state index in [1.807, 2.05) is 18.2 Å². The fourth-order valence-corrected chi connectivity index (χ4v) is 5.52. The van der Waals surface area contributed by atoms with E-state index in [0.29, 0.717) is 0 Å². The lowest BCUT2D eigenvalue weighted by atomic mass is 9.61. The first-order valence-electron chi connectivity index (χ1n) is 10.1. The summed E-state index contributed by atoms with van der Waals surface area (Å²) in [5, 5.41) is 0. The Morgan fingerprint density at radius 3 is 3.07 bits per heavy atom. The molecule has 0 radical (unpaired) electrons. The van der Waals surface area contributed by atoms with E-state index in [1.54, 1.807) is 6.33 Å². The van der Waals surface area contributed by atoms with Gasteiger partial charge in [-0.2, -0.15) is 0 Å². The number of benzene rings is 2. The number of nitrogens with zero attached hydrogens (tertiary/aromatic N) is 2. The van der Waals surface area contributed by atoms with Crippen LogP contribution in [0, 0.1) is 0 Å². The molecule has 1 aliphatic carbocycles. The molecule has 4 nitrogen and oxygen atoms in total. The van der Waals surface area contributed by atoms with Gasteiger partial charge in [-0.3, -0.25) is 4.79 Å². The molecule has 1 saturated heterocycles. The van der Waals surface area contributed by atoms with Crippen molar-refractivity contribution in [2.75, 3.05) is 6.54 Å². The Labute approximate surface area is 159 Å². The number of likely N-dealkylation sites (tertiary alicyclic amines) is 1. The molecule has 2 aromatic carbocycles. The number of hydrogen-bond acceptors (Lipinski definition) is 2. The molecule has 0 unspecified atom stereocenters. The molecule has 0 bridgehead atoms. The van der Waals surface area contributed by atoms with Gasteiger partial charge in [0, 0.05) is 23.6 Å². The summed E-state index contributed by atoms with van der Waals surface area (Å²) in [4.78, 5) is 23.1. The minimum absolute atomic E-state index is 0.0964. The number of aromatic nitrogens is 2. The van der Waals surface area contributed by atoms with Crippen molar-refractivity contribution in [1.82, 2.24) is 14.9 Å². The number of aryl methyl sites for hydroxylation is 1. The highest BCUT2D eigenvalue weighted by atomic mass is 16.2. The zero-order valence-corrected chi connectivity index (χ0v) is 15.7. The average Bonchev–Trinajstić information content (AvgIpc) is 3.20. The van der Waals surface area contributed by atoms with E-state index in [-0.39, 0.29) is 17.4 Å². The van der Waals surface area contributed by atoms with Gasteiger partial charge in [0.15, 0.2) is 0 Å². The van der Waals surface area contributed by atoms with Crippen LogP contribution < -0.4 is 0 Å². The predicted molar refractivity (Wildman–Crippen MR) is 107 cm³/mol. The Bertz CT molecular complexity index is 1010. The first-order valence-corrected chi connectivity index (χ1v) is 10.1. The molecule has 5 rings (SSSR count). The second kappa shape index (κ2) is 6.22. The summed E-state index contributed by atoms with van der Waals surface area (Å²) in [5.74, 6) is 0.154. The molecule has 138 valence electrons. The Morgan fingerprint density at radius 2 is 2.19 bits per heavy atom. The molecule has 2 aliphatic rings. The van der Waals surface area contributed by atoms with Crippen LogP contribution in [0.15, 0.2) is 48.8 Å². The maximum absolute atomic E-state index is 13.5. The maximum atomic E-state index is 13.5. The van der Waals surface area contributed by atoms with Gasteiger partial charge >= 0.3 is 0 Å². The van der Waals surface area contributed by atoms with E-state index in [0.717, 1.165) is 48.8 Å². The highest BCUT2D eigenvalue weighted by molar-refractivity contribution is 5.97. The van der Waals surface area contributed by atoms with Gasteiger partial charge in [-0.15, -0.1) is 0 Å². The fraction of sp³-hybridized carbons (Fsp3) is 0.391. The van der Waals surface area contributed by atoms with Crippen LogP contribution in [0.1, 0.15) is 54.1 Å². The quantitative estimate of drug-likeness (QED) is 0.734. The van der Waals surface area contributed by atoms with Crippen molar-refractivity contribution in [3.63, 3.8) is 0 Å². The van der Waals surface area contributed by atoms with E-state index in [4.69, 9.17) is 0 Å². The average molecular weight is 359 g/mol. The summed E-state index contributed by atoms with van der Waals surface area (Å²) in [6, 6.07) is 15.0. The normalized spacial score (nSPS) is 24.5. The van der Waals surface area contributed by atoms with Crippen LogP contribution in [0.25, 0.3) is 11.0 Å². The minimum Gasteiger partial charge on any atom is -0.345 e. The van der Waals surface area contributed by atoms with Gasteiger partial charge in [-0.1, -0.05) is 31.2 Å². The molecule has 1 fully saturated rings. The van der Waals surface area contributed by atoms with Crippen LogP contribution in [-0.2, 0) is 11.8 Å². The summed E-state index contributed by atoms with van der Waals surface area (Å²) in [6.45, 7) is 3.14. The van der Waals surface area contributed by atoms with Gasteiger partial charge in [-0.05, 0) is 61.4 Å². The lowest BCUT2D eigenvalue weighted by Gasteiger charge is -2.53. The predicted octanol–water partition coefficient (Wildman–Crippen LogP) is 4.46. The largest absolute Gasteiger partial charge is 0.345 e. The van der Waals surface area contributed by atoms with Crippen molar-refractivity contribution < 1.29 is 4.79 Å². The molecule has 4 heteroatoms. The zero-order valence-electron chi connectivity index (χ0n) is 15.7. The number of carbonyl (C=O) groups is 1. The van der Waals surface area contributed by atoms with Gasteiger partial charge in [-0.25, -0.2) is 4.98 Å². The molecule has 1 aromatic heterocycles. The van der Waals surface area contributed by atoms with Gasteiger partial charge in [0.2, 0.25) is 0 Å². The first-order chi connectivity index (χ1) is 13.2. The van der Waals surface area contributed by atoms with Crippen molar-refractivity contribution in [2.45, 2.75) is 50.5 Å². The van der Waals surface area contributed by atoms with Gasteiger partial charge in [0.25, 0.3) is 5.91 Å². The number of rotatable bonds is 2. The van der Waals surface area contributed by atoms with E-state index in [9.17, 15) is 4.79 Å². The van der Waals surface area contributed by atoms with Crippen molar-refractivity contribution in [3.05, 3.63) is 65.5 Å². The summed E-state index contributed by atoms with van der Waals surface area (Å²) in [7, 11) is 0. The number of amides is 1. The minimum atomic E-state index is 0.0964. The smallest absolute Gasteiger partial charge is 0.254 e. The molecule has 1 aliphatic heterocycles. The number of carbonyl (C=O) groups excluding carboxylic acids is 1. The third-order valence-electron chi connectivity index (χ3n) is 6.84. The molecule has 1 N–H and O–H groups in total. The Hall–Kier alpha value is -2.62. The topological polar surface area (TPSA) is 49.0 Å². The Kier molecular flexibility index (Phi) is 3.81. The number of fused-ring (bicyclic) bond motifs is 4. The fourth-order valence-electron chi connectivity index (χ4n) is 5.52. The highest BCUT2D eigenvalue weighted by Gasteiger charge is 2.48. The zero-order chi connectivity index (χ0) is 18.4. The molecule has 3 aromatic rings. The van der Waals surface area contributed by atoms with Crippen molar-refractivity contribution in [3.8, 4) is 0 Å². The molecular formula is C23H25N3O. The van der Waals surface area contributed by atoms with Crippen LogP contribution in [0.3, 0.4) is 0 Å². The SMILES string of the molecule is CC[C@]12CCCN(C(=O)c3ccc4[nH]cnc4c3)[C@@H]1CCc1ccccc12. The highest BCUT2D eigenvalue weighted by Crippen LogP contribution is 2.48. The third kappa shape index (κ3) is 2.43. The van der Waals surface area contributed by atoms with Crippen LogP contribution in [0.4, 0.5) is 0 Å². The molecule has 27 heavy (non-hydrogen) atoms. The first kappa shape index (κ1) is 16.5. The van der Waals surface area contributed by atoms with Crippen molar-refractivity contribution in [1.29, 1.82) is 0 Å². The van der Waals surface area contributed by atoms with Crippen LogP contribution in [0.5, 0.6) is 0 Å². The summed E-state index contributed by atoms with van der Waals surface area (Å²) >= 11 is 0. The van der Waals surface area contributed by atoms with Crippen LogP contribution >= 0.6 is 0 Å². The molecule has 0 spiro atoms. The van der Waals surface area contributed by atoms with Crippen molar-refractivity contribution >= 4 is 16.9 Å². The Balaban J connectivity index is 1.54. The molecule has 1 amide bonds. The standard InChI is InChI=1S/C23H25N3O/c1-2-23-12-5-13-26(21(23)11-9-16-6-3-4-7-18(16)23)22(27)17-8-10-19-20(14-17)25-15-24-19/h3-4,6-8,10,14-15,21H,2,5,9,11-13H2,1H3,(H,24,25)/t21-,23-/m1/s1. The lowest BCUT2D eigenvalue weighted by Crippen LogP contribution is -2.58. The number of piperidine rings is 1. The second-order valence-corrected chi connectivity index (χ2v) is 7.96. The number of imidazole rings is 1. The van der Waals surface area contributed by atoms with E-state index in [1.165, 1.54) is 17.5 Å². The summed E-state index contributed by atoms with van der Waals surface area (Å²) in [6.07, 6.45) is 7.12. The molecule has 2 atom stereocenters. The van der Waals surface area contributed by atoms with E-state index < -0.39 is 0 Å². The molecular weight excluding hydrogens is 334 g/mol. The third-order valence-corrected chi connectivity index (χ3v) is 6.84. The van der Waals surface area contributed by atoms with Crippen molar-refractivity contribution in [2.24, 2.45) is 0 Å².